The Morgan fingerprint density at radius 1 is 1.04 bits per heavy atom. The Labute approximate surface area is 144 Å². The lowest BCUT2D eigenvalue weighted by Gasteiger charge is -2.29. The molecule has 0 N–H and O–H groups in total. The van der Waals surface area contributed by atoms with Crippen LogP contribution in [0.4, 0.5) is 5.82 Å². The topological polar surface area (TPSA) is 59.7 Å². The summed E-state index contributed by atoms with van der Waals surface area (Å²) in [6.45, 7) is 8.99. The lowest BCUT2D eigenvalue weighted by molar-refractivity contribution is 0.540. The molecule has 3 aromatic heterocycles. The minimum absolute atomic E-state index is 0.646. The fourth-order valence-electron chi connectivity index (χ4n) is 3.57. The van der Waals surface area contributed by atoms with Crippen LogP contribution in [-0.4, -0.2) is 31.3 Å². The minimum Gasteiger partial charge on any atom is -0.347 e. The molecule has 0 saturated heterocycles. The second-order valence-electron chi connectivity index (χ2n) is 6.88. The zero-order chi connectivity index (χ0) is 16.4. The van der Waals surface area contributed by atoms with Crippen LogP contribution in [0.25, 0.3) is 10.2 Å². The van der Waals surface area contributed by atoms with Crippen molar-refractivity contribution >= 4 is 27.4 Å². The summed E-state index contributed by atoms with van der Waals surface area (Å²) in [6, 6.07) is 0. The van der Waals surface area contributed by atoms with Gasteiger partial charge in [-0.15, -0.1) is 21.5 Å². The van der Waals surface area contributed by atoms with Crippen LogP contribution in [0.5, 0.6) is 0 Å². The summed E-state index contributed by atoms with van der Waals surface area (Å²) in [5.74, 6) is 4.80. The first-order chi connectivity index (χ1) is 11.6. The summed E-state index contributed by atoms with van der Waals surface area (Å²) in [7, 11) is 0. The third kappa shape index (κ3) is 2.07. The third-order valence-electron chi connectivity index (χ3n) is 5.15. The van der Waals surface area contributed by atoms with Crippen molar-refractivity contribution in [2.24, 2.45) is 0 Å². The van der Waals surface area contributed by atoms with E-state index in [4.69, 9.17) is 4.98 Å². The third-order valence-corrected chi connectivity index (χ3v) is 6.25. The Morgan fingerprint density at radius 3 is 2.67 bits per heavy atom. The Balaban J connectivity index is 1.58. The number of rotatable bonds is 2. The summed E-state index contributed by atoms with van der Waals surface area (Å²) in [4.78, 5) is 14.2. The van der Waals surface area contributed by atoms with Gasteiger partial charge in [-0.05, 0) is 39.2 Å². The molecule has 2 aliphatic rings. The summed E-state index contributed by atoms with van der Waals surface area (Å²) in [6.07, 6.45) is 2.53. The summed E-state index contributed by atoms with van der Waals surface area (Å²) in [5, 5.41) is 10.1. The molecule has 1 aliphatic heterocycles. The fourth-order valence-corrected chi connectivity index (χ4v) is 4.63. The monoisotopic (exact) mass is 340 g/mol. The predicted octanol–water partition coefficient (Wildman–Crippen LogP) is 3.11. The minimum atomic E-state index is 0.646. The first kappa shape index (κ1) is 14.3. The molecule has 124 valence electrons. The SMILES string of the molecule is Cc1nc(N2CCn3c(nnc3C3CC3)C2)c2c(C)c(C)sc2n1. The van der Waals surface area contributed by atoms with Crippen LogP contribution in [0.15, 0.2) is 0 Å². The molecule has 0 bridgehead atoms. The number of fused-ring (bicyclic) bond motifs is 2. The zero-order valence-electron chi connectivity index (χ0n) is 14.2. The number of nitrogens with zero attached hydrogens (tertiary/aromatic N) is 6. The second kappa shape index (κ2) is 4.99. The van der Waals surface area contributed by atoms with Crippen LogP contribution in [0.2, 0.25) is 0 Å². The molecule has 1 saturated carbocycles. The molecule has 3 aromatic rings. The molecule has 4 heterocycles. The van der Waals surface area contributed by atoms with Gasteiger partial charge in [0, 0.05) is 23.9 Å². The average Bonchev–Trinajstić information content (AvgIpc) is 3.25. The van der Waals surface area contributed by atoms with E-state index in [1.165, 1.54) is 34.5 Å². The largest absolute Gasteiger partial charge is 0.347 e. The van der Waals surface area contributed by atoms with Gasteiger partial charge in [-0.1, -0.05) is 0 Å². The quantitative estimate of drug-likeness (QED) is 0.717. The average molecular weight is 340 g/mol. The summed E-state index contributed by atoms with van der Waals surface area (Å²) >= 11 is 1.76. The molecule has 0 amide bonds. The number of hydrogen-bond donors (Lipinski definition) is 0. The number of aryl methyl sites for hydroxylation is 3. The van der Waals surface area contributed by atoms with E-state index in [0.29, 0.717) is 5.92 Å². The van der Waals surface area contributed by atoms with Gasteiger partial charge >= 0.3 is 0 Å². The maximum atomic E-state index is 4.79. The first-order valence-electron chi connectivity index (χ1n) is 8.53. The van der Waals surface area contributed by atoms with Crippen molar-refractivity contribution in [3.05, 3.63) is 27.9 Å². The van der Waals surface area contributed by atoms with E-state index in [0.717, 1.165) is 41.9 Å². The maximum Gasteiger partial charge on any atom is 0.152 e. The molecule has 0 spiro atoms. The van der Waals surface area contributed by atoms with Gasteiger partial charge in [-0.2, -0.15) is 0 Å². The van der Waals surface area contributed by atoms with Crippen LogP contribution in [0.1, 0.15) is 46.7 Å². The molecular weight excluding hydrogens is 320 g/mol. The van der Waals surface area contributed by atoms with Crippen LogP contribution in [0.3, 0.4) is 0 Å². The van der Waals surface area contributed by atoms with Gasteiger partial charge in [0.1, 0.15) is 22.3 Å². The van der Waals surface area contributed by atoms with Crippen LogP contribution >= 0.6 is 11.3 Å². The van der Waals surface area contributed by atoms with Gasteiger partial charge in [0.25, 0.3) is 0 Å². The van der Waals surface area contributed by atoms with Crippen LogP contribution in [-0.2, 0) is 13.1 Å². The van der Waals surface area contributed by atoms with Gasteiger partial charge in [-0.3, -0.25) is 0 Å². The Kier molecular flexibility index (Phi) is 2.98. The van der Waals surface area contributed by atoms with E-state index in [1.54, 1.807) is 11.3 Å². The van der Waals surface area contributed by atoms with Crippen molar-refractivity contribution in [3.63, 3.8) is 0 Å². The van der Waals surface area contributed by atoms with Gasteiger partial charge in [0.15, 0.2) is 5.82 Å². The molecule has 0 unspecified atom stereocenters. The first-order valence-corrected chi connectivity index (χ1v) is 9.34. The van der Waals surface area contributed by atoms with E-state index in [9.17, 15) is 0 Å². The van der Waals surface area contributed by atoms with Crippen molar-refractivity contribution in [3.8, 4) is 0 Å². The van der Waals surface area contributed by atoms with E-state index in [2.05, 4.69) is 38.5 Å². The van der Waals surface area contributed by atoms with Crippen molar-refractivity contribution in [1.82, 2.24) is 24.7 Å². The molecule has 1 aliphatic carbocycles. The predicted molar refractivity (Wildman–Crippen MR) is 94.7 cm³/mol. The molecule has 0 radical (unpaired) electrons. The van der Waals surface area contributed by atoms with Crippen molar-refractivity contribution in [1.29, 1.82) is 0 Å². The molecule has 0 aromatic carbocycles. The highest BCUT2D eigenvalue weighted by atomic mass is 32.1. The van der Waals surface area contributed by atoms with Crippen molar-refractivity contribution < 1.29 is 0 Å². The van der Waals surface area contributed by atoms with Gasteiger partial charge in [0.2, 0.25) is 0 Å². The highest BCUT2D eigenvalue weighted by molar-refractivity contribution is 7.18. The van der Waals surface area contributed by atoms with Gasteiger partial charge < -0.3 is 9.47 Å². The molecule has 7 heteroatoms. The maximum absolute atomic E-state index is 4.79. The number of aromatic nitrogens is 5. The lowest BCUT2D eigenvalue weighted by Crippen LogP contribution is -2.35. The normalized spacial score (nSPS) is 17.5. The molecule has 5 rings (SSSR count). The van der Waals surface area contributed by atoms with Gasteiger partial charge in [0.05, 0.1) is 11.9 Å². The standard InChI is InChI=1S/C17H20N6S/c1-9-10(2)24-17-14(9)16(18-11(3)19-17)22-6-7-23-13(8-22)20-21-15(23)12-4-5-12/h12H,4-8H2,1-3H3. The molecule has 24 heavy (non-hydrogen) atoms. The zero-order valence-corrected chi connectivity index (χ0v) is 15.0. The number of hydrogen-bond acceptors (Lipinski definition) is 6. The number of thiophene rings is 1. The molecular formula is C17H20N6S. The Bertz CT molecular complexity index is 952. The highest BCUT2D eigenvalue weighted by Crippen LogP contribution is 2.40. The smallest absolute Gasteiger partial charge is 0.152 e. The van der Waals surface area contributed by atoms with E-state index in [-0.39, 0.29) is 0 Å². The van der Waals surface area contributed by atoms with E-state index < -0.39 is 0 Å². The molecule has 1 fully saturated rings. The van der Waals surface area contributed by atoms with Crippen LogP contribution in [0, 0.1) is 20.8 Å². The van der Waals surface area contributed by atoms with Gasteiger partial charge in [-0.25, -0.2) is 9.97 Å². The van der Waals surface area contributed by atoms with Crippen molar-refractivity contribution in [2.45, 2.75) is 52.6 Å². The lowest BCUT2D eigenvalue weighted by atomic mass is 10.2. The van der Waals surface area contributed by atoms with Crippen LogP contribution < -0.4 is 4.90 Å². The van der Waals surface area contributed by atoms with E-state index in [1.807, 2.05) is 6.92 Å². The summed E-state index contributed by atoms with van der Waals surface area (Å²) in [5.41, 5.74) is 1.30. The molecule has 0 atom stereocenters. The fraction of sp³-hybridized carbons (Fsp3) is 0.529. The highest BCUT2D eigenvalue weighted by Gasteiger charge is 2.32. The molecule has 6 nitrogen and oxygen atoms in total. The number of anilines is 1. The Hall–Kier alpha value is -2.02. The second-order valence-corrected chi connectivity index (χ2v) is 8.08. The Morgan fingerprint density at radius 2 is 1.88 bits per heavy atom. The van der Waals surface area contributed by atoms with E-state index >= 15 is 0 Å². The van der Waals surface area contributed by atoms with Crippen molar-refractivity contribution in [2.75, 3.05) is 11.4 Å². The summed E-state index contributed by atoms with van der Waals surface area (Å²) < 4.78 is 2.32.